The molecule has 23 heavy (non-hydrogen) atoms. The summed E-state index contributed by atoms with van der Waals surface area (Å²) >= 11 is 5.95. The van der Waals surface area contributed by atoms with Gasteiger partial charge in [-0.3, -0.25) is 0 Å². The summed E-state index contributed by atoms with van der Waals surface area (Å²) in [5, 5.41) is 6.14. The molecule has 1 aliphatic heterocycles. The zero-order chi connectivity index (χ0) is 16.8. The number of aryl methyl sites for hydroxylation is 1. The van der Waals surface area contributed by atoms with Crippen LogP contribution >= 0.6 is 11.6 Å². The maximum atomic E-state index is 12.0. The van der Waals surface area contributed by atoms with Crippen molar-refractivity contribution >= 4 is 29.0 Å². The fourth-order valence-corrected chi connectivity index (χ4v) is 2.11. The predicted molar refractivity (Wildman–Crippen MR) is 92.7 cm³/mol. The van der Waals surface area contributed by atoms with Gasteiger partial charge < -0.3 is 20.1 Å². The van der Waals surface area contributed by atoms with E-state index in [2.05, 4.69) is 10.6 Å². The maximum absolute atomic E-state index is 12.0. The lowest BCUT2D eigenvalue weighted by Crippen LogP contribution is -2.19. The topological polar surface area (TPSA) is 59.6 Å². The Kier molecular flexibility index (Phi) is 5.71. The van der Waals surface area contributed by atoms with Gasteiger partial charge in [-0.25, -0.2) is 4.79 Å². The standard InChI is InChI=1S/C15H13ClN2O3.C2H6/c1-9-6-10(2-4-12(9)16)17-15(19)18-11-3-5-13-14(7-11)21-8-20-13;1-2/h2-7H,8H2,1H3,(H2,17,18,19);1-2H3. The summed E-state index contributed by atoms with van der Waals surface area (Å²) in [6.07, 6.45) is 0. The van der Waals surface area contributed by atoms with Crippen LogP contribution in [0, 0.1) is 6.92 Å². The summed E-state index contributed by atoms with van der Waals surface area (Å²) in [6, 6.07) is 10.2. The van der Waals surface area contributed by atoms with Gasteiger partial charge in [-0.2, -0.15) is 0 Å². The number of hydrogen-bond donors (Lipinski definition) is 2. The second-order valence-electron chi connectivity index (χ2n) is 4.61. The average Bonchev–Trinajstić information content (AvgIpc) is 3.00. The number of rotatable bonds is 2. The first-order valence-corrected chi connectivity index (χ1v) is 7.73. The third-order valence-corrected chi connectivity index (χ3v) is 3.47. The van der Waals surface area contributed by atoms with Gasteiger partial charge in [0, 0.05) is 22.5 Å². The van der Waals surface area contributed by atoms with Crippen LogP contribution in [0.1, 0.15) is 19.4 Å². The summed E-state index contributed by atoms with van der Waals surface area (Å²) < 4.78 is 10.5. The van der Waals surface area contributed by atoms with Gasteiger partial charge in [0.2, 0.25) is 6.79 Å². The van der Waals surface area contributed by atoms with E-state index < -0.39 is 0 Å². The highest BCUT2D eigenvalue weighted by molar-refractivity contribution is 6.31. The number of carbonyl (C=O) groups is 1. The molecule has 0 fully saturated rings. The van der Waals surface area contributed by atoms with Gasteiger partial charge in [-0.1, -0.05) is 25.4 Å². The van der Waals surface area contributed by atoms with Gasteiger partial charge >= 0.3 is 6.03 Å². The second kappa shape index (κ2) is 7.74. The highest BCUT2D eigenvalue weighted by Crippen LogP contribution is 2.34. The molecule has 2 amide bonds. The lowest BCUT2D eigenvalue weighted by Gasteiger charge is -2.09. The minimum Gasteiger partial charge on any atom is -0.454 e. The van der Waals surface area contributed by atoms with Crippen molar-refractivity contribution in [1.82, 2.24) is 0 Å². The van der Waals surface area contributed by atoms with Gasteiger partial charge in [0.1, 0.15) is 0 Å². The normalized spacial score (nSPS) is 11.3. The van der Waals surface area contributed by atoms with Gasteiger partial charge in [0.25, 0.3) is 0 Å². The summed E-state index contributed by atoms with van der Waals surface area (Å²) in [6.45, 7) is 6.08. The van der Waals surface area contributed by atoms with Crippen molar-refractivity contribution in [2.45, 2.75) is 20.8 Å². The number of amides is 2. The van der Waals surface area contributed by atoms with Crippen molar-refractivity contribution in [2.24, 2.45) is 0 Å². The van der Waals surface area contributed by atoms with Crippen LogP contribution in [0.25, 0.3) is 0 Å². The van der Waals surface area contributed by atoms with Crippen molar-refractivity contribution in [3.8, 4) is 11.5 Å². The molecule has 0 bridgehead atoms. The lowest BCUT2D eigenvalue weighted by molar-refractivity contribution is 0.174. The summed E-state index contributed by atoms with van der Waals surface area (Å²) in [5.41, 5.74) is 2.20. The summed E-state index contributed by atoms with van der Waals surface area (Å²) in [4.78, 5) is 12.0. The van der Waals surface area contributed by atoms with Crippen LogP contribution in [0.15, 0.2) is 36.4 Å². The Morgan fingerprint density at radius 2 is 1.61 bits per heavy atom. The number of hydrogen-bond acceptors (Lipinski definition) is 3. The molecule has 0 atom stereocenters. The highest BCUT2D eigenvalue weighted by Gasteiger charge is 2.14. The Morgan fingerprint density at radius 1 is 1.00 bits per heavy atom. The van der Waals surface area contributed by atoms with Crippen LogP contribution in [0.4, 0.5) is 16.2 Å². The number of urea groups is 1. The van der Waals surface area contributed by atoms with E-state index >= 15 is 0 Å². The Labute approximate surface area is 140 Å². The van der Waals surface area contributed by atoms with Crippen molar-refractivity contribution in [3.05, 3.63) is 47.0 Å². The molecule has 0 unspecified atom stereocenters. The molecule has 0 radical (unpaired) electrons. The molecule has 5 nitrogen and oxygen atoms in total. The molecule has 6 heteroatoms. The largest absolute Gasteiger partial charge is 0.454 e. The number of fused-ring (bicyclic) bond motifs is 1. The number of carbonyl (C=O) groups excluding carboxylic acids is 1. The minimum absolute atomic E-state index is 0.203. The minimum atomic E-state index is -0.337. The molecule has 0 spiro atoms. The number of benzene rings is 2. The number of anilines is 2. The van der Waals surface area contributed by atoms with E-state index in [1.807, 2.05) is 26.8 Å². The third-order valence-electron chi connectivity index (χ3n) is 3.05. The van der Waals surface area contributed by atoms with Crippen molar-refractivity contribution < 1.29 is 14.3 Å². The smallest absolute Gasteiger partial charge is 0.323 e. The van der Waals surface area contributed by atoms with E-state index in [-0.39, 0.29) is 12.8 Å². The average molecular weight is 335 g/mol. The molecular weight excluding hydrogens is 316 g/mol. The Hall–Kier alpha value is -2.40. The Bertz CT molecular complexity index is 704. The molecule has 0 aliphatic carbocycles. The fourth-order valence-electron chi connectivity index (χ4n) is 1.99. The number of halogens is 1. The predicted octanol–water partition coefficient (Wildman–Crippen LogP) is 5.05. The Morgan fingerprint density at radius 3 is 2.30 bits per heavy atom. The lowest BCUT2D eigenvalue weighted by atomic mass is 10.2. The number of ether oxygens (including phenoxy) is 2. The molecule has 2 aromatic carbocycles. The van der Waals surface area contributed by atoms with E-state index in [0.29, 0.717) is 27.9 Å². The quantitative estimate of drug-likeness (QED) is 0.808. The van der Waals surface area contributed by atoms with E-state index in [1.165, 1.54) is 0 Å². The monoisotopic (exact) mass is 334 g/mol. The molecule has 0 saturated heterocycles. The third kappa shape index (κ3) is 4.29. The Balaban J connectivity index is 0.000000924. The van der Waals surface area contributed by atoms with Crippen LogP contribution in [0.2, 0.25) is 5.02 Å². The molecule has 2 N–H and O–H groups in total. The molecule has 1 aliphatic rings. The van der Waals surface area contributed by atoms with E-state index in [1.54, 1.807) is 30.3 Å². The molecule has 2 aromatic rings. The first-order valence-electron chi connectivity index (χ1n) is 7.35. The zero-order valence-electron chi connectivity index (χ0n) is 13.3. The van der Waals surface area contributed by atoms with Crippen LogP contribution in [0.3, 0.4) is 0 Å². The van der Waals surface area contributed by atoms with Gasteiger partial charge in [0.15, 0.2) is 11.5 Å². The number of nitrogens with one attached hydrogen (secondary N) is 2. The molecule has 1 heterocycles. The van der Waals surface area contributed by atoms with Crippen LogP contribution < -0.4 is 20.1 Å². The maximum Gasteiger partial charge on any atom is 0.323 e. The molecule has 0 saturated carbocycles. The fraction of sp³-hybridized carbons (Fsp3) is 0.235. The first-order chi connectivity index (χ1) is 11.1. The van der Waals surface area contributed by atoms with Crippen LogP contribution in [-0.4, -0.2) is 12.8 Å². The van der Waals surface area contributed by atoms with E-state index in [4.69, 9.17) is 21.1 Å². The van der Waals surface area contributed by atoms with Gasteiger partial charge in [0.05, 0.1) is 0 Å². The van der Waals surface area contributed by atoms with E-state index in [9.17, 15) is 4.79 Å². The highest BCUT2D eigenvalue weighted by atomic mass is 35.5. The summed E-state index contributed by atoms with van der Waals surface area (Å²) in [7, 11) is 0. The van der Waals surface area contributed by atoms with Gasteiger partial charge in [-0.15, -0.1) is 0 Å². The van der Waals surface area contributed by atoms with Crippen molar-refractivity contribution in [3.63, 3.8) is 0 Å². The molecule has 122 valence electrons. The van der Waals surface area contributed by atoms with Crippen molar-refractivity contribution in [2.75, 3.05) is 17.4 Å². The zero-order valence-corrected chi connectivity index (χ0v) is 14.0. The molecule has 3 rings (SSSR count). The molecule has 0 aromatic heterocycles. The van der Waals surface area contributed by atoms with Gasteiger partial charge in [-0.05, 0) is 42.8 Å². The van der Waals surface area contributed by atoms with Crippen LogP contribution in [-0.2, 0) is 0 Å². The van der Waals surface area contributed by atoms with Crippen LogP contribution in [0.5, 0.6) is 11.5 Å². The van der Waals surface area contributed by atoms with Crippen molar-refractivity contribution in [1.29, 1.82) is 0 Å². The second-order valence-corrected chi connectivity index (χ2v) is 5.02. The SMILES string of the molecule is CC.Cc1cc(NC(=O)Nc2ccc3c(c2)OCO3)ccc1Cl. The molecular formula is C17H19ClN2O3. The van der Waals surface area contributed by atoms with E-state index in [0.717, 1.165) is 5.56 Å². The first kappa shape index (κ1) is 17.0. The summed E-state index contributed by atoms with van der Waals surface area (Å²) in [5.74, 6) is 1.30.